The fourth-order valence-corrected chi connectivity index (χ4v) is 4.11. The average Bonchev–Trinajstić information content (AvgIpc) is 2.86. The Kier molecular flexibility index (Phi) is 8.46. The predicted molar refractivity (Wildman–Crippen MR) is 119 cm³/mol. The van der Waals surface area contributed by atoms with Crippen molar-refractivity contribution in [1.29, 1.82) is 0 Å². The maximum atomic E-state index is 14.9. The Balaban J connectivity index is 2.35. The van der Waals surface area contributed by atoms with Crippen molar-refractivity contribution in [2.75, 3.05) is 0 Å². The quantitative estimate of drug-likeness (QED) is 0.293. The standard InChI is InChI=1S/C26H17F12NO2/c27-18-8-6-15(7-9-18)22(13-14-4-2-1-3-5-14,16-10-17(24(30,31)32)12-19(28)11-16)39-21(40)20(29)23(41,25(33,34)35)26(36,37)38/h1-12,20,41H,13H2,(H,39,40)/t20?,22-/m1/s1. The number of hydrogen-bond donors (Lipinski definition) is 2. The van der Waals surface area contributed by atoms with Crippen molar-refractivity contribution in [3.05, 3.63) is 107 Å². The molecule has 0 fully saturated rings. The van der Waals surface area contributed by atoms with Crippen molar-refractivity contribution < 1.29 is 62.6 Å². The second-order valence-corrected chi connectivity index (χ2v) is 8.91. The number of amides is 1. The smallest absolute Gasteiger partial charge is 0.371 e. The molecule has 0 saturated carbocycles. The number of nitrogens with one attached hydrogen (secondary N) is 1. The number of halogens is 12. The molecule has 222 valence electrons. The fraction of sp³-hybridized carbons (Fsp3) is 0.269. The maximum absolute atomic E-state index is 14.9. The first kappa shape index (κ1) is 31.8. The number of rotatable bonds is 7. The monoisotopic (exact) mass is 603 g/mol. The molecule has 0 heterocycles. The van der Waals surface area contributed by atoms with E-state index in [2.05, 4.69) is 0 Å². The lowest BCUT2D eigenvalue weighted by molar-refractivity contribution is -0.380. The van der Waals surface area contributed by atoms with Gasteiger partial charge in [-0.3, -0.25) is 4.79 Å². The molecule has 41 heavy (non-hydrogen) atoms. The summed E-state index contributed by atoms with van der Waals surface area (Å²) in [6.45, 7) is 0. The Bertz CT molecular complexity index is 1350. The zero-order valence-electron chi connectivity index (χ0n) is 20.1. The molecule has 0 aliphatic heterocycles. The van der Waals surface area contributed by atoms with E-state index in [-0.39, 0.29) is 17.7 Å². The van der Waals surface area contributed by atoms with Crippen LogP contribution in [0, 0.1) is 11.6 Å². The molecule has 3 nitrogen and oxygen atoms in total. The normalized spacial score (nSPS) is 15.2. The Hall–Kier alpha value is -3.75. The van der Waals surface area contributed by atoms with E-state index in [1.54, 1.807) is 5.32 Å². The Morgan fingerprint density at radius 2 is 1.22 bits per heavy atom. The molecule has 15 heteroatoms. The fourth-order valence-electron chi connectivity index (χ4n) is 4.11. The second-order valence-electron chi connectivity index (χ2n) is 8.91. The summed E-state index contributed by atoms with van der Waals surface area (Å²) in [5.41, 5.74) is -12.0. The largest absolute Gasteiger partial charge is 0.429 e. The van der Waals surface area contributed by atoms with Crippen LogP contribution in [0.1, 0.15) is 22.3 Å². The van der Waals surface area contributed by atoms with Gasteiger partial charge in [0.2, 0.25) is 6.17 Å². The van der Waals surface area contributed by atoms with Gasteiger partial charge in [-0.25, -0.2) is 13.2 Å². The van der Waals surface area contributed by atoms with E-state index in [9.17, 15) is 62.6 Å². The lowest BCUT2D eigenvalue weighted by Gasteiger charge is -2.39. The summed E-state index contributed by atoms with van der Waals surface area (Å²) in [7, 11) is 0. The molecule has 2 atom stereocenters. The summed E-state index contributed by atoms with van der Waals surface area (Å²) >= 11 is 0. The van der Waals surface area contributed by atoms with E-state index in [0.29, 0.717) is 18.2 Å². The minimum atomic E-state index is -6.79. The number of alkyl halides is 10. The molecule has 2 N–H and O–H groups in total. The maximum Gasteiger partial charge on any atom is 0.429 e. The molecule has 1 amide bonds. The summed E-state index contributed by atoms with van der Waals surface area (Å²) in [5.74, 6) is -5.32. The highest BCUT2D eigenvalue weighted by atomic mass is 19.4. The van der Waals surface area contributed by atoms with Crippen LogP contribution >= 0.6 is 0 Å². The van der Waals surface area contributed by atoms with Gasteiger partial charge in [0.15, 0.2) is 0 Å². The van der Waals surface area contributed by atoms with E-state index < -0.39 is 76.5 Å². The minimum Gasteiger partial charge on any atom is -0.371 e. The van der Waals surface area contributed by atoms with Gasteiger partial charge in [0.05, 0.1) is 11.1 Å². The van der Waals surface area contributed by atoms with E-state index >= 15 is 0 Å². The average molecular weight is 603 g/mol. The van der Waals surface area contributed by atoms with Gasteiger partial charge in [0, 0.05) is 6.42 Å². The third kappa shape index (κ3) is 6.29. The van der Waals surface area contributed by atoms with Crippen LogP contribution in [0.4, 0.5) is 52.7 Å². The zero-order chi connectivity index (χ0) is 31.0. The molecule has 0 spiro atoms. The summed E-state index contributed by atoms with van der Waals surface area (Å²) in [6.07, 6.45) is -24.4. The highest BCUT2D eigenvalue weighted by Crippen LogP contribution is 2.47. The molecule has 0 saturated heterocycles. The third-order valence-electron chi connectivity index (χ3n) is 6.16. The molecule has 0 aliphatic carbocycles. The van der Waals surface area contributed by atoms with Crippen LogP contribution in [0.15, 0.2) is 72.8 Å². The van der Waals surface area contributed by atoms with E-state index in [1.165, 1.54) is 30.3 Å². The topological polar surface area (TPSA) is 49.3 Å². The van der Waals surface area contributed by atoms with Crippen molar-refractivity contribution in [1.82, 2.24) is 5.32 Å². The Labute approximate surface area is 223 Å². The van der Waals surface area contributed by atoms with Crippen molar-refractivity contribution in [2.24, 2.45) is 0 Å². The van der Waals surface area contributed by atoms with E-state index in [4.69, 9.17) is 0 Å². The lowest BCUT2D eigenvalue weighted by Crippen LogP contribution is -2.67. The first-order chi connectivity index (χ1) is 18.7. The van der Waals surface area contributed by atoms with Crippen LogP contribution < -0.4 is 5.32 Å². The van der Waals surface area contributed by atoms with Crippen molar-refractivity contribution in [3.8, 4) is 0 Å². The molecule has 0 bridgehead atoms. The van der Waals surface area contributed by atoms with Crippen LogP contribution in [-0.2, 0) is 22.9 Å². The van der Waals surface area contributed by atoms with Gasteiger partial charge in [0.25, 0.3) is 11.5 Å². The van der Waals surface area contributed by atoms with Gasteiger partial charge in [0.1, 0.15) is 11.6 Å². The van der Waals surface area contributed by atoms with Crippen LogP contribution in [0.5, 0.6) is 0 Å². The number of aliphatic hydroxyl groups is 1. The summed E-state index contributed by atoms with van der Waals surface area (Å²) in [6, 6.07) is 10.3. The first-order valence-electron chi connectivity index (χ1n) is 11.2. The van der Waals surface area contributed by atoms with Gasteiger partial charge in [-0.05, 0) is 47.0 Å². The highest BCUT2D eigenvalue weighted by molar-refractivity contribution is 5.84. The van der Waals surface area contributed by atoms with Gasteiger partial charge < -0.3 is 10.4 Å². The van der Waals surface area contributed by atoms with Crippen molar-refractivity contribution in [2.45, 2.75) is 42.3 Å². The van der Waals surface area contributed by atoms with Crippen LogP contribution in [0.25, 0.3) is 0 Å². The van der Waals surface area contributed by atoms with E-state index in [0.717, 1.165) is 12.1 Å². The van der Waals surface area contributed by atoms with Crippen molar-refractivity contribution >= 4 is 5.91 Å². The van der Waals surface area contributed by atoms with Crippen LogP contribution in [0.2, 0.25) is 0 Å². The highest BCUT2D eigenvalue weighted by Gasteiger charge is 2.76. The first-order valence-corrected chi connectivity index (χ1v) is 11.2. The SMILES string of the molecule is O=C(N[C@](Cc1ccccc1)(c1ccc(F)cc1)c1cc(F)cc(C(F)(F)F)c1)C(F)C(O)(C(F)(F)F)C(F)(F)F. The molecule has 0 radical (unpaired) electrons. The van der Waals surface area contributed by atoms with Crippen molar-refractivity contribution in [3.63, 3.8) is 0 Å². The second kappa shape index (κ2) is 10.9. The van der Waals surface area contributed by atoms with Gasteiger partial charge in [-0.15, -0.1) is 0 Å². The van der Waals surface area contributed by atoms with Crippen LogP contribution in [-0.4, -0.2) is 35.1 Å². The van der Waals surface area contributed by atoms with Gasteiger partial charge in [-0.2, -0.15) is 39.5 Å². The predicted octanol–water partition coefficient (Wildman–Crippen LogP) is 6.78. The molecule has 3 rings (SSSR count). The molecule has 3 aromatic rings. The molecular formula is C26H17F12NO2. The third-order valence-corrected chi connectivity index (χ3v) is 6.16. The number of benzene rings is 3. The minimum absolute atomic E-state index is 0.0211. The number of hydrogen-bond acceptors (Lipinski definition) is 2. The van der Waals surface area contributed by atoms with Gasteiger partial charge in [-0.1, -0.05) is 42.5 Å². The molecule has 0 aromatic heterocycles. The van der Waals surface area contributed by atoms with Gasteiger partial charge >= 0.3 is 18.5 Å². The number of carbonyl (C=O) groups excluding carboxylic acids is 1. The van der Waals surface area contributed by atoms with E-state index in [1.807, 2.05) is 0 Å². The summed E-state index contributed by atoms with van der Waals surface area (Å²) in [4.78, 5) is 12.8. The molecule has 3 aromatic carbocycles. The lowest BCUT2D eigenvalue weighted by atomic mass is 9.77. The summed E-state index contributed by atoms with van der Waals surface area (Å²) in [5, 5.41) is 11.0. The molecule has 1 unspecified atom stereocenters. The summed E-state index contributed by atoms with van der Waals surface area (Å²) < 4.78 is 164. The number of carbonyl (C=O) groups is 1. The Morgan fingerprint density at radius 1 is 0.707 bits per heavy atom. The Morgan fingerprint density at radius 3 is 1.71 bits per heavy atom. The molecular weight excluding hydrogens is 586 g/mol. The van der Waals surface area contributed by atoms with Crippen LogP contribution in [0.3, 0.4) is 0 Å². The zero-order valence-corrected chi connectivity index (χ0v) is 20.1. The molecule has 0 aliphatic rings.